The molecule has 27 heavy (non-hydrogen) atoms. The molecule has 2 aliphatic heterocycles. The van der Waals surface area contributed by atoms with Gasteiger partial charge in [-0.15, -0.1) is 0 Å². The van der Waals surface area contributed by atoms with E-state index in [1.807, 2.05) is 0 Å². The third kappa shape index (κ3) is 2.44. The Balaban J connectivity index is 1.87. The van der Waals surface area contributed by atoms with Crippen LogP contribution in [0.15, 0.2) is 30.3 Å². The monoisotopic (exact) mass is 359 g/mol. The molecule has 0 spiro atoms. The van der Waals surface area contributed by atoms with Crippen LogP contribution in [0, 0.1) is 13.8 Å². The van der Waals surface area contributed by atoms with E-state index in [1.165, 1.54) is 38.2 Å². The molecule has 0 radical (unpaired) electrons. The van der Waals surface area contributed by atoms with Gasteiger partial charge in [-0.1, -0.05) is 23.8 Å². The zero-order valence-corrected chi connectivity index (χ0v) is 16.3. The van der Waals surface area contributed by atoms with Gasteiger partial charge in [0.05, 0.1) is 7.11 Å². The van der Waals surface area contributed by atoms with Crippen LogP contribution in [0.25, 0.3) is 21.5 Å². The third-order valence-electron chi connectivity index (χ3n) is 6.47. The second kappa shape index (κ2) is 5.98. The van der Waals surface area contributed by atoms with Crippen molar-refractivity contribution in [2.75, 3.05) is 7.11 Å². The van der Waals surface area contributed by atoms with Crippen molar-refractivity contribution in [3.8, 4) is 5.75 Å². The Labute approximate surface area is 159 Å². The number of benzene rings is 3. The Kier molecular flexibility index (Phi) is 3.68. The number of piperidine rings is 1. The van der Waals surface area contributed by atoms with Crippen LogP contribution in [0.3, 0.4) is 0 Å². The molecule has 5 rings (SSSR count). The highest BCUT2D eigenvalue weighted by Crippen LogP contribution is 2.41. The average Bonchev–Trinajstić information content (AvgIpc) is 2.67. The van der Waals surface area contributed by atoms with Crippen LogP contribution in [-0.2, 0) is 17.8 Å². The van der Waals surface area contributed by atoms with Gasteiger partial charge in [-0.3, -0.25) is 4.79 Å². The fourth-order valence-corrected chi connectivity index (χ4v) is 5.09. The molecule has 0 N–H and O–H groups in total. The number of amides is 1. The summed E-state index contributed by atoms with van der Waals surface area (Å²) in [5.41, 5.74) is 5.17. The Morgan fingerprint density at radius 2 is 1.81 bits per heavy atom. The normalized spacial score (nSPS) is 19.3. The van der Waals surface area contributed by atoms with Gasteiger partial charge in [-0.05, 0) is 83.5 Å². The van der Waals surface area contributed by atoms with Gasteiger partial charge in [0.15, 0.2) is 0 Å². The third-order valence-corrected chi connectivity index (χ3v) is 6.47. The zero-order valence-electron chi connectivity index (χ0n) is 16.3. The summed E-state index contributed by atoms with van der Waals surface area (Å²) in [5, 5.41) is 5.19. The van der Waals surface area contributed by atoms with Crippen LogP contribution in [0.1, 0.15) is 41.5 Å². The molecule has 2 aliphatic rings. The quantitative estimate of drug-likeness (QED) is 0.569. The predicted molar refractivity (Wildman–Crippen MR) is 109 cm³/mol. The zero-order chi connectivity index (χ0) is 18.7. The molecule has 0 saturated carbocycles. The van der Waals surface area contributed by atoms with E-state index in [2.05, 4.69) is 49.1 Å². The summed E-state index contributed by atoms with van der Waals surface area (Å²) in [4.78, 5) is 14.7. The van der Waals surface area contributed by atoms with E-state index >= 15 is 0 Å². The molecule has 1 saturated heterocycles. The Morgan fingerprint density at radius 1 is 1.00 bits per heavy atom. The lowest BCUT2D eigenvalue weighted by Crippen LogP contribution is -2.47. The molecule has 2 heterocycles. The van der Waals surface area contributed by atoms with Crippen molar-refractivity contribution in [3.05, 3.63) is 52.6 Å². The van der Waals surface area contributed by atoms with Gasteiger partial charge in [0.25, 0.3) is 0 Å². The van der Waals surface area contributed by atoms with E-state index in [9.17, 15) is 4.79 Å². The molecule has 0 aromatic heterocycles. The minimum atomic E-state index is 0.318. The number of ether oxygens (including phenoxy) is 1. The molecule has 3 heteroatoms. The number of carbonyl (C=O) groups excluding carboxylic acids is 1. The maximum atomic E-state index is 12.5. The van der Waals surface area contributed by atoms with Crippen molar-refractivity contribution >= 4 is 27.5 Å². The number of nitrogens with zero attached hydrogens (tertiary/aromatic N) is 1. The molecule has 0 aliphatic carbocycles. The maximum Gasteiger partial charge on any atom is 0.223 e. The van der Waals surface area contributed by atoms with Crippen LogP contribution >= 0.6 is 0 Å². The Hall–Kier alpha value is -2.55. The molecule has 3 aromatic rings. The Bertz CT molecular complexity index is 1100. The second-order valence-electron chi connectivity index (χ2n) is 8.15. The number of methoxy groups -OCH3 is 1. The summed E-state index contributed by atoms with van der Waals surface area (Å²) in [6, 6.07) is 11.6. The van der Waals surface area contributed by atoms with Crippen LogP contribution in [0.4, 0.5) is 0 Å². The van der Waals surface area contributed by atoms with Crippen molar-refractivity contribution in [2.24, 2.45) is 0 Å². The smallest absolute Gasteiger partial charge is 0.223 e. The average molecular weight is 359 g/mol. The molecule has 1 unspecified atom stereocenters. The first-order valence-electron chi connectivity index (χ1n) is 9.88. The Morgan fingerprint density at radius 3 is 2.63 bits per heavy atom. The standard InChI is InChI=1S/C24H25NO2/c1-14-7-8-17-18(9-14)19-10-15(2)23(27-3)12-21(19)20-11-16-5-4-6-24(26)25(16)13-22(17)20/h7-10,12,16H,4-6,11,13H2,1-3H3. The van der Waals surface area contributed by atoms with Crippen LogP contribution < -0.4 is 4.74 Å². The van der Waals surface area contributed by atoms with Gasteiger partial charge in [0.2, 0.25) is 5.91 Å². The molecule has 138 valence electrons. The van der Waals surface area contributed by atoms with E-state index in [1.54, 1.807) is 7.11 Å². The fraction of sp³-hybridized carbons (Fsp3) is 0.375. The van der Waals surface area contributed by atoms with E-state index in [0.29, 0.717) is 18.4 Å². The first-order chi connectivity index (χ1) is 13.1. The summed E-state index contributed by atoms with van der Waals surface area (Å²) in [6.07, 6.45) is 3.78. The maximum absolute atomic E-state index is 12.5. The van der Waals surface area contributed by atoms with Gasteiger partial charge in [-0.25, -0.2) is 0 Å². The molecule has 0 bridgehead atoms. The molecule has 1 atom stereocenters. The fourth-order valence-electron chi connectivity index (χ4n) is 5.09. The van der Waals surface area contributed by atoms with E-state index in [0.717, 1.165) is 37.1 Å². The summed E-state index contributed by atoms with van der Waals surface area (Å²) < 4.78 is 5.64. The van der Waals surface area contributed by atoms with Gasteiger partial charge >= 0.3 is 0 Å². The largest absolute Gasteiger partial charge is 0.496 e. The van der Waals surface area contributed by atoms with E-state index < -0.39 is 0 Å². The van der Waals surface area contributed by atoms with Crippen LogP contribution in [-0.4, -0.2) is 24.0 Å². The van der Waals surface area contributed by atoms with Gasteiger partial charge in [0, 0.05) is 19.0 Å². The summed E-state index contributed by atoms with van der Waals surface area (Å²) in [7, 11) is 1.74. The van der Waals surface area contributed by atoms with Crippen molar-refractivity contribution in [3.63, 3.8) is 0 Å². The van der Waals surface area contributed by atoms with Crippen molar-refractivity contribution in [1.29, 1.82) is 0 Å². The van der Waals surface area contributed by atoms with Crippen molar-refractivity contribution in [1.82, 2.24) is 4.90 Å². The first-order valence-corrected chi connectivity index (χ1v) is 9.88. The summed E-state index contributed by atoms with van der Waals surface area (Å²) in [5.74, 6) is 1.26. The first kappa shape index (κ1) is 16.6. The lowest BCUT2D eigenvalue weighted by Gasteiger charge is -2.41. The van der Waals surface area contributed by atoms with Crippen molar-refractivity contribution in [2.45, 2.75) is 52.1 Å². The van der Waals surface area contributed by atoms with E-state index in [4.69, 9.17) is 4.74 Å². The number of carbonyl (C=O) groups is 1. The number of hydrogen-bond acceptors (Lipinski definition) is 2. The SMILES string of the molecule is COc1cc2c3c(c4ccc(C)cc4c2cc1C)CN1C(=O)CCCC1C3. The molecular weight excluding hydrogens is 334 g/mol. The molecule has 1 fully saturated rings. The minimum Gasteiger partial charge on any atom is -0.496 e. The summed E-state index contributed by atoms with van der Waals surface area (Å²) in [6.45, 7) is 5.00. The van der Waals surface area contributed by atoms with Crippen molar-refractivity contribution < 1.29 is 9.53 Å². The summed E-state index contributed by atoms with van der Waals surface area (Å²) >= 11 is 0. The van der Waals surface area contributed by atoms with Gasteiger partial charge in [-0.2, -0.15) is 0 Å². The van der Waals surface area contributed by atoms with Gasteiger partial charge < -0.3 is 9.64 Å². The predicted octanol–water partition coefficient (Wildman–Crippen LogP) is 5.06. The number of aryl methyl sites for hydroxylation is 2. The van der Waals surface area contributed by atoms with Crippen LogP contribution in [0.2, 0.25) is 0 Å². The highest BCUT2D eigenvalue weighted by molar-refractivity contribution is 6.12. The lowest BCUT2D eigenvalue weighted by molar-refractivity contribution is -0.137. The topological polar surface area (TPSA) is 29.5 Å². The number of rotatable bonds is 1. The van der Waals surface area contributed by atoms with Gasteiger partial charge in [0.1, 0.15) is 5.75 Å². The number of fused-ring (bicyclic) bond motifs is 7. The minimum absolute atomic E-state index is 0.318. The highest BCUT2D eigenvalue weighted by atomic mass is 16.5. The van der Waals surface area contributed by atoms with E-state index in [-0.39, 0.29) is 0 Å². The molecule has 3 aromatic carbocycles. The molecular formula is C24H25NO2. The second-order valence-corrected chi connectivity index (χ2v) is 8.15. The molecule has 3 nitrogen and oxygen atoms in total. The highest BCUT2D eigenvalue weighted by Gasteiger charge is 2.34. The number of hydrogen-bond donors (Lipinski definition) is 0. The molecule has 1 amide bonds. The van der Waals surface area contributed by atoms with Crippen LogP contribution in [0.5, 0.6) is 5.75 Å². The lowest BCUT2D eigenvalue weighted by atomic mass is 9.82.